The summed E-state index contributed by atoms with van der Waals surface area (Å²) in [6.45, 7) is 8.44. The molecule has 2 aromatic rings. The fraction of sp³-hybridized carbons (Fsp3) is 0.500. The van der Waals surface area contributed by atoms with Crippen LogP contribution < -0.4 is 11.1 Å². The highest BCUT2D eigenvalue weighted by Crippen LogP contribution is 2.16. The fourth-order valence-electron chi connectivity index (χ4n) is 2.07. The van der Waals surface area contributed by atoms with E-state index in [0.717, 1.165) is 18.1 Å². The van der Waals surface area contributed by atoms with Crippen molar-refractivity contribution < 1.29 is 4.79 Å². The number of nitrogens with two attached hydrogens (primary N) is 1. The smallest absolute Gasteiger partial charge is 0.272 e. The van der Waals surface area contributed by atoms with Gasteiger partial charge in [0.15, 0.2) is 0 Å². The van der Waals surface area contributed by atoms with E-state index in [1.54, 1.807) is 12.3 Å². The summed E-state index contributed by atoms with van der Waals surface area (Å²) in [4.78, 5) is 16.5. The Morgan fingerprint density at radius 2 is 2.29 bits per heavy atom. The minimum Gasteiger partial charge on any atom is -0.341 e. The molecule has 114 valence electrons. The lowest BCUT2D eigenvalue weighted by Crippen LogP contribution is -2.29. The number of imidazole rings is 1. The van der Waals surface area contributed by atoms with Gasteiger partial charge in [0.2, 0.25) is 0 Å². The topological polar surface area (TPSA) is 102 Å². The Kier molecular flexibility index (Phi) is 4.13. The Labute approximate surface area is 123 Å². The first-order valence-corrected chi connectivity index (χ1v) is 6.99. The molecule has 0 bridgehead atoms. The third-order valence-corrected chi connectivity index (χ3v) is 3.33. The van der Waals surface area contributed by atoms with Crippen LogP contribution in [0.2, 0.25) is 0 Å². The van der Waals surface area contributed by atoms with Crippen molar-refractivity contribution in [3.63, 3.8) is 0 Å². The van der Waals surface area contributed by atoms with Crippen LogP contribution >= 0.6 is 0 Å². The second kappa shape index (κ2) is 5.69. The molecule has 0 aromatic carbocycles. The highest BCUT2D eigenvalue weighted by atomic mass is 16.2. The average Bonchev–Trinajstić information content (AvgIpc) is 3.06. The van der Waals surface area contributed by atoms with Crippen molar-refractivity contribution in [2.75, 3.05) is 0 Å². The molecular weight excluding hydrogens is 268 g/mol. The van der Waals surface area contributed by atoms with E-state index in [1.165, 1.54) is 0 Å². The number of amides is 1. The Bertz CT molecular complexity index is 621. The number of hydrogen-bond acceptors (Lipinski definition) is 4. The molecule has 1 atom stereocenters. The van der Waals surface area contributed by atoms with E-state index in [0.29, 0.717) is 5.69 Å². The van der Waals surface area contributed by atoms with Gasteiger partial charge in [-0.05, 0) is 33.8 Å². The number of hydrogen-bond donors (Lipinski definition) is 3. The molecule has 4 N–H and O–H groups in total. The number of aromatic amines is 1. The van der Waals surface area contributed by atoms with Gasteiger partial charge in [-0.3, -0.25) is 9.89 Å². The van der Waals surface area contributed by atoms with E-state index in [1.807, 2.05) is 38.5 Å². The van der Waals surface area contributed by atoms with Crippen LogP contribution in [0.5, 0.6) is 0 Å². The highest BCUT2D eigenvalue weighted by molar-refractivity contribution is 5.92. The van der Waals surface area contributed by atoms with Gasteiger partial charge in [-0.25, -0.2) is 4.98 Å². The molecule has 0 fully saturated rings. The molecule has 2 rings (SSSR count). The summed E-state index contributed by atoms with van der Waals surface area (Å²) in [6.07, 6.45) is 3.62. The van der Waals surface area contributed by atoms with E-state index in [9.17, 15) is 4.79 Å². The molecular formula is C14H22N6O. The van der Waals surface area contributed by atoms with Gasteiger partial charge < -0.3 is 15.6 Å². The van der Waals surface area contributed by atoms with Crippen molar-refractivity contribution in [2.24, 2.45) is 5.73 Å². The molecule has 0 aliphatic carbocycles. The molecule has 1 amide bonds. The maximum absolute atomic E-state index is 12.2. The van der Waals surface area contributed by atoms with Crippen molar-refractivity contribution in [3.05, 3.63) is 35.7 Å². The maximum Gasteiger partial charge on any atom is 0.272 e. The first-order chi connectivity index (χ1) is 9.82. The predicted octanol–water partition coefficient (Wildman–Crippen LogP) is 1.31. The second-order valence-corrected chi connectivity index (χ2v) is 5.66. The lowest BCUT2D eigenvalue weighted by molar-refractivity contribution is 0.0932. The summed E-state index contributed by atoms with van der Waals surface area (Å²) in [5.74, 6) is 0.570. The third kappa shape index (κ3) is 3.30. The van der Waals surface area contributed by atoms with Gasteiger partial charge in [-0.15, -0.1) is 0 Å². The molecule has 0 aliphatic rings. The SMILES string of the molecule is CCn1ccnc1C(C)NC(=O)c1cc(C(C)(C)N)[nH]n1. The molecule has 2 heterocycles. The summed E-state index contributed by atoms with van der Waals surface area (Å²) in [5.41, 5.74) is 6.45. The van der Waals surface area contributed by atoms with Crippen molar-refractivity contribution in [2.45, 2.75) is 45.8 Å². The zero-order valence-electron chi connectivity index (χ0n) is 12.8. The van der Waals surface area contributed by atoms with Crippen LogP contribution in [0, 0.1) is 0 Å². The van der Waals surface area contributed by atoms with Crippen LogP contribution in [0.4, 0.5) is 0 Å². The Balaban J connectivity index is 2.09. The zero-order chi connectivity index (χ0) is 15.6. The van der Waals surface area contributed by atoms with E-state index in [2.05, 4.69) is 20.5 Å². The monoisotopic (exact) mass is 290 g/mol. The Morgan fingerprint density at radius 1 is 1.57 bits per heavy atom. The number of H-pyrrole nitrogens is 1. The number of carbonyl (C=O) groups excluding carboxylic acids is 1. The molecule has 2 aromatic heterocycles. The van der Waals surface area contributed by atoms with E-state index < -0.39 is 5.54 Å². The molecule has 0 radical (unpaired) electrons. The van der Waals surface area contributed by atoms with E-state index in [4.69, 9.17) is 5.73 Å². The van der Waals surface area contributed by atoms with Crippen molar-refractivity contribution in [1.29, 1.82) is 0 Å². The number of aryl methyl sites for hydroxylation is 1. The lowest BCUT2D eigenvalue weighted by Gasteiger charge is -2.15. The molecule has 0 saturated carbocycles. The summed E-state index contributed by atoms with van der Waals surface area (Å²) in [5, 5.41) is 9.71. The number of rotatable bonds is 5. The summed E-state index contributed by atoms with van der Waals surface area (Å²) in [7, 11) is 0. The van der Waals surface area contributed by atoms with Gasteiger partial charge in [0, 0.05) is 18.9 Å². The Hall–Kier alpha value is -2.15. The van der Waals surface area contributed by atoms with Crippen LogP contribution in [0.25, 0.3) is 0 Å². The number of carbonyl (C=O) groups is 1. The number of nitrogens with one attached hydrogen (secondary N) is 2. The van der Waals surface area contributed by atoms with Crippen molar-refractivity contribution in [3.8, 4) is 0 Å². The van der Waals surface area contributed by atoms with Crippen molar-refractivity contribution in [1.82, 2.24) is 25.1 Å². The normalized spacial score (nSPS) is 13.2. The molecule has 7 heteroatoms. The van der Waals surface area contributed by atoms with Gasteiger partial charge in [0.1, 0.15) is 11.5 Å². The van der Waals surface area contributed by atoms with Gasteiger partial charge in [-0.1, -0.05) is 0 Å². The average molecular weight is 290 g/mol. The van der Waals surface area contributed by atoms with Gasteiger partial charge in [0.25, 0.3) is 5.91 Å². The summed E-state index contributed by atoms with van der Waals surface area (Å²) in [6, 6.07) is 1.48. The van der Waals surface area contributed by atoms with Crippen LogP contribution in [-0.4, -0.2) is 25.7 Å². The van der Waals surface area contributed by atoms with E-state index in [-0.39, 0.29) is 11.9 Å². The first kappa shape index (κ1) is 15.2. The summed E-state index contributed by atoms with van der Waals surface area (Å²) >= 11 is 0. The molecule has 1 unspecified atom stereocenters. The van der Waals surface area contributed by atoms with Crippen LogP contribution in [0.15, 0.2) is 18.5 Å². The quantitative estimate of drug-likeness (QED) is 0.772. The standard InChI is InChI=1S/C14H22N6O/c1-5-20-7-6-16-12(20)9(2)17-13(21)10-8-11(19-18-10)14(3,4)15/h6-9H,5,15H2,1-4H3,(H,17,21)(H,18,19). The van der Waals surface area contributed by atoms with Gasteiger partial charge >= 0.3 is 0 Å². The molecule has 0 aliphatic heterocycles. The second-order valence-electron chi connectivity index (χ2n) is 5.66. The van der Waals surface area contributed by atoms with Crippen LogP contribution in [-0.2, 0) is 12.1 Å². The first-order valence-electron chi connectivity index (χ1n) is 6.99. The predicted molar refractivity (Wildman–Crippen MR) is 79.6 cm³/mol. The van der Waals surface area contributed by atoms with E-state index >= 15 is 0 Å². The van der Waals surface area contributed by atoms with Crippen LogP contribution in [0.3, 0.4) is 0 Å². The minimum absolute atomic E-state index is 0.196. The van der Waals surface area contributed by atoms with Gasteiger partial charge in [-0.2, -0.15) is 5.10 Å². The number of aromatic nitrogens is 4. The third-order valence-electron chi connectivity index (χ3n) is 3.33. The zero-order valence-corrected chi connectivity index (χ0v) is 12.8. The minimum atomic E-state index is -0.560. The molecule has 21 heavy (non-hydrogen) atoms. The largest absolute Gasteiger partial charge is 0.341 e. The molecule has 7 nitrogen and oxygen atoms in total. The Morgan fingerprint density at radius 3 is 2.86 bits per heavy atom. The summed E-state index contributed by atoms with van der Waals surface area (Å²) < 4.78 is 1.99. The van der Waals surface area contributed by atoms with Crippen LogP contribution in [0.1, 0.15) is 55.7 Å². The lowest BCUT2D eigenvalue weighted by atomic mass is 10.0. The molecule has 0 spiro atoms. The maximum atomic E-state index is 12.2. The fourth-order valence-corrected chi connectivity index (χ4v) is 2.07. The van der Waals surface area contributed by atoms with Gasteiger partial charge in [0.05, 0.1) is 17.3 Å². The highest BCUT2D eigenvalue weighted by Gasteiger charge is 2.21. The number of nitrogens with zero attached hydrogens (tertiary/aromatic N) is 3. The molecule has 0 saturated heterocycles. The van der Waals surface area contributed by atoms with Crippen molar-refractivity contribution >= 4 is 5.91 Å².